The Labute approximate surface area is 99.3 Å². The van der Waals surface area contributed by atoms with Gasteiger partial charge in [-0.2, -0.15) is 0 Å². The molecule has 0 bridgehead atoms. The number of carboxylic acid groups (broad SMARTS) is 1. The zero-order valence-corrected chi connectivity index (χ0v) is 10.4. The number of hydrogen-bond acceptors (Lipinski definition) is 2. The molecule has 2 nitrogen and oxygen atoms in total. The lowest BCUT2D eigenvalue weighted by atomic mass is 10.1. The summed E-state index contributed by atoms with van der Waals surface area (Å²) >= 11 is 1.85. The van der Waals surface area contributed by atoms with E-state index in [0.717, 1.165) is 0 Å². The Bertz CT molecular complexity index is 437. The summed E-state index contributed by atoms with van der Waals surface area (Å²) in [5.41, 5.74) is 1.43. The van der Waals surface area contributed by atoms with E-state index in [4.69, 9.17) is 0 Å². The molecule has 2 aliphatic rings. The van der Waals surface area contributed by atoms with Crippen LogP contribution in [0.5, 0.6) is 0 Å². The van der Waals surface area contributed by atoms with Crippen molar-refractivity contribution in [1.29, 1.82) is 0 Å². The predicted octanol–water partition coefficient (Wildman–Crippen LogP) is 3.06. The molecular weight excluding hydrogens is 220 g/mol. The lowest BCUT2D eigenvalue weighted by Crippen LogP contribution is -2.02. The van der Waals surface area contributed by atoms with Crippen molar-refractivity contribution in [3.05, 3.63) is 21.4 Å². The molecule has 0 unspecified atom stereocenters. The fourth-order valence-electron chi connectivity index (χ4n) is 3.13. The highest BCUT2D eigenvalue weighted by molar-refractivity contribution is 7.12. The zero-order chi connectivity index (χ0) is 11.5. The van der Waals surface area contributed by atoms with Crippen LogP contribution in [0.25, 0.3) is 0 Å². The van der Waals surface area contributed by atoms with Crippen LogP contribution in [-0.2, 0) is 17.6 Å². The number of aliphatic carboxylic acids is 1. The van der Waals surface area contributed by atoms with E-state index >= 15 is 0 Å². The second-order valence-electron chi connectivity index (χ2n) is 5.57. The molecule has 0 radical (unpaired) electrons. The molecule has 0 saturated heterocycles. The van der Waals surface area contributed by atoms with Crippen LogP contribution in [0.15, 0.2) is 6.07 Å². The molecule has 1 fully saturated rings. The van der Waals surface area contributed by atoms with Crippen LogP contribution in [0.4, 0.5) is 0 Å². The van der Waals surface area contributed by atoms with Crippen LogP contribution in [0.3, 0.4) is 0 Å². The molecule has 0 amide bonds. The number of fused-ring (bicyclic) bond motifs is 1. The molecule has 2 aliphatic carbocycles. The smallest absolute Gasteiger partial charge is 0.307 e. The van der Waals surface area contributed by atoms with Crippen molar-refractivity contribution in [2.45, 2.75) is 39.0 Å². The monoisotopic (exact) mass is 236 g/mol. The largest absolute Gasteiger partial charge is 0.481 e. The summed E-state index contributed by atoms with van der Waals surface area (Å²) in [5, 5.41) is 9.17. The molecule has 1 aromatic rings. The minimum Gasteiger partial charge on any atom is -0.481 e. The number of rotatable bonds is 2. The second kappa shape index (κ2) is 3.10. The highest BCUT2D eigenvalue weighted by atomic mass is 32.1. The Morgan fingerprint density at radius 3 is 2.81 bits per heavy atom. The van der Waals surface area contributed by atoms with Crippen LogP contribution < -0.4 is 0 Å². The maximum Gasteiger partial charge on any atom is 0.307 e. The van der Waals surface area contributed by atoms with E-state index in [2.05, 4.69) is 19.9 Å². The SMILES string of the molecule is CC1(C)[C@H](C(=O)O)[C@H]1c1cc2c(s1)CCC2. The molecule has 3 rings (SSSR count). The first kappa shape index (κ1) is 10.3. The van der Waals surface area contributed by atoms with Gasteiger partial charge in [0, 0.05) is 15.7 Å². The van der Waals surface area contributed by atoms with Crippen molar-refractivity contribution in [2.24, 2.45) is 11.3 Å². The first-order valence-corrected chi connectivity index (χ1v) is 6.67. The predicted molar refractivity (Wildman–Crippen MR) is 64.0 cm³/mol. The van der Waals surface area contributed by atoms with Crippen LogP contribution >= 0.6 is 11.3 Å². The number of thiophene rings is 1. The van der Waals surface area contributed by atoms with E-state index in [1.54, 1.807) is 0 Å². The fraction of sp³-hybridized carbons (Fsp3) is 0.615. The molecule has 0 spiro atoms. The summed E-state index contributed by atoms with van der Waals surface area (Å²) in [6.45, 7) is 4.14. The molecule has 1 heterocycles. The van der Waals surface area contributed by atoms with Gasteiger partial charge in [0.2, 0.25) is 0 Å². The second-order valence-corrected chi connectivity index (χ2v) is 6.73. The van der Waals surface area contributed by atoms with Gasteiger partial charge in [0.05, 0.1) is 5.92 Å². The molecule has 86 valence electrons. The summed E-state index contributed by atoms with van der Waals surface area (Å²) < 4.78 is 0. The van der Waals surface area contributed by atoms with Gasteiger partial charge in [-0.15, -0.1) is 11.3 Å². The van der Waals surface area contributed by atoms with E-state index < -0.39 is 5.97 Å². The van der Waals surface area contributed by atoms with Crippen molar-refractivity contribution in [1.82, 2.24) is 0 Å². The normalized spacial score (nSPS) is 30.1. The molecule has 16 heavy (non-hydrogen) atoms. The first-order valence-electron chi connectivity index (χ1n) is 5.86. The lowest BCUT2D eigenvalue weighted by molar-refractivity contribution is -0.139. The highest BCUT2D eigenvalue weighted by Gasteiger charge is 2.63. The Hall–Kier alpha value is -0.830. The summed E-state index contributed by atoms with van der Waals surface area (Å²) in [6.07, 6.45) is 3.67. The van der Waals surface area contributed by atoms with Crippen molar-refractivity contribution in [3.8, 4) is 0 Å². The highest BCUT2D eigenvalue weighted by Crippen LogP contribution is 2.65. The summed E-state index contributed by atoms with van der Waals surface area (Å²) in [4.78, 5) is 14.0. The van der Waals surface area contributed by atoms with Gasteiger partial charge >= 0.3 is 5.97 Å². The third-order valence-electron chi connectivity index (χ3n) is 4.17. The van der Waals surface area contributed by atoms with Crippen molar-refractivity contribution in [2.75, 3.05) is 0 Å². The molecule has 1 N–H and O–H groups in total. The van der Waals surface area contributed by atoms with Gasteiger partial charge in [0.15, 0.2) is 0 Å². The van der Waals surface area contributed by atoms with Crippen LogP contribution in [-0.4, -0.2) is 11.1 Å². The van der Waals surface area contributed by atoms with Crippen LogP contribution in [0, 0.1) is 11.3 Å². The van der Waals surface area contributed by atoms with Crippen LogP contribution in [0.2, 0.25) is 0 Å². The Morgan fingerprint density at radius 2 is 2.25 bits per heavy atom. The Kier molecular flexibility index (Phi) is 2.00. The van der Waals surface area contributed by atoms with Crippen molar-refractivity contribution >= 4 is 17.3 Å². The summed E-state index contributed by atoms with van der Waals surface area (Å²) in [7, 11) is 0. The maximum absolute atomic E-state index is 11.1. The number of hydrogen-bond donors (Lipinski definition) is 1. The number of aryl methyl sites for hydroxylation is 2. The molecule has 1 aromatic heterocycles. The van der Waals surface area contributed by atoms with Crippen LogP contribution in [0.1, 0.15) is 41.5 Å². The van der Waals surface area contributed by atoms with E-state index in [9.17, 15) is 9.90 Å². The van der Waals surface area contributed by atoms with Crippen molar-refractivity contribution < 1.29 is 9.90 Å². The Morgan fingerprint density at radius 1 is 1.50 bits per heavy atom. The third-order valence-corrected chi connectivity index (χ3v) is 5.49. The molecule has 3 heteroatoms. The third kappa shape index (κ3) is 1.27. The van der Waals surface area contributed by atoms with Gasteiger partial charge in [-0.25, -0.2) is 0 Å². The average molecular weight is 236 g/mol. The standard InChI is InChI=1S/C13H16O2S/c1-13(2)10(11(13)12(14)15)9-6-7-4-3-5-8(7)16-9/h6,10-11H,3-5H2,1-2H3,(H,14,15)/t10-,11+/m1/s1. The topological polar surface area (TPSA) is 37.3 Å². The molecule has 0 aromatic carbocycles. The van der Waals surface area contributed by atoms with E-state index in [-0.39, 0.29) is 17.3 Å². The van der Waals surface area contributed by atoms with E-state index in [1.807, 2.05) is 11.3 Å². The van der Waals surface area contributed by atoms with E-state index in [1.165, 1.54) is 34.6 Å². The maximum atomic E-state index is 11.1. The first-order chi connectivity index (χ1) is 7.51. The van der Waals surface area contributed by atoms with Gasteiger partial charge in [-0.1, -0.05) is 13.8 Å². The summed E-state index contributed by atoms with van der Waals surface area (Å²) in [6, 6.07) is 2.27. The molecular formula is C13H16O2S. The summed E-state index contributed by atoms with van der Waals surface area (Å²) in [5.74, 6) is -0.560. The Balaban J connectivity index is 1.91. The minimum atomic E-state index is -0.636. The quantitative estimate of drug-likeness (QED) is 0.857. The molecule has 2 atom stereocenters. The number of carboxylic acids is 1. The van der Waals surface area contributed by atoms with Gasteiger partial charge < -0.3 is 5.11 Å². The zero-order valence-electron chi connectivity index (χ0n) is 9.62. The number of carbonyl (C=O) groups is 1. The molecule has 1 saturated carbocycles. The fourth-order valence-corrected chi connectivity index (χ4v) is 4.73. The lowest BCUT2D eigenvalue weighted by Gasteiger charge is -1.98. The van der Waals surface area contributed by atoms with Gasteiger partial charge in [0.25, 0.3) is 0 Å². The van der Waals surface area contributed by atoms with Gasteiger partial charge in [-0.05, 0) is 36.3 Å². The van der Waals surface area contributed by atoms with Crippen molar-refractivity contribution in [3.63, 3.8) is 0 Å². The van der Waals surface area contributed by atoms with Gasteiger partial charge in [0.1, 0.15) is 0 Å². The average Bonchev–Trinajstić information content (AvgIpc) is 2.50. The van der Waals surface area contributed by atoms with E-state index in [0.29, 0.717) is 0 Å². The van der Waals surface area contributed by atoms with Gasteiger partial charge in [-0.3, -0.25) is 4.79 Å². The minimum absolute atomic E-state index is 0.0512. The molecule has 0 aliphatic heterocycles.